The van der Waals surface area contributed by atoms with E-state index < -0.39 is 41.6 Å². The van der Waals surface area contributed by atoms with E-state index in [0.29, 0.717) is 57.4 Å². The van der Waals surface area contributed by atoms with E-state index >= 15 is 0 Å². The average Bonchev–Trinajstić information content (AvgIpc) is 2.90. The summed E-state index contributed by atoms with van der Waals surface area (Å²) in [5, 5.41) is 17.6. The van der Waals surface area contributed by atoms with Crippen LogP contribution in [-0.2, 0) is 25.6 Å². The second kappa shape index (κ2) is 15.9. The fourth-order valence-electron chi connectivity index (χ4n) is 4.71. The van der Waals surface area contributed by atoms with E-state index in [-0.39, 0.29) is 18.2 Å². The molecular weight excluding hydrogens is 490 g/mol. The van der Waals surface area contributed by atoms with Crippen LogP contribution in [0.2, 0.25) is 0 Å². The molecule has 0 radical (unpaired) electrons. The Balaban J connectivity index is 2.39. The van der Waals surface area contributed by atoms with Crippen LogP contribution < -0.4 is 31.9 Å². The van der Waals surface area contributed by atoms with E-state index in [2.05, 4.69) is 16.0 Å². The van der Waals surface area contributed by atoms with Gasteiger partial charge in [0.05, 0.1) is 12.5 Å². The van der Waals surface area contributed by atoms with Gasteiger partial charge in [-0.1, -0.05) is 26.0 Å². The summed E-state index contributed by atoms with van der Waals surface area (Å²) in [5.41, 5.74) is 8.07. The Hall–Kier alpha value is -3.18. The third-order valence-corrected chi connectivity index (χ3v) is 6.75. The number of hydroxylamine groups is 1. The van der Waals surface area contributed by atoms with Crippen molar-refractivity contribution in [2.45, 2.75) is 70.9 Å². The van der Waals surface area contributed by atoms with E-state index in [4.69, 9.17) is 10.5 Å². The number of fused-ring (bicyclic) bond motifs is 11. The minimum absolute atomic E-state index is 0.0779. The van der Waals surface area contributed by atoms with Crippen LogP contribution >= 0.6 is 0 Å². The molecule has 212 valence electrons. The molecule has 11 heteroatoms. The minimum Gasteiger partial charge on any atom is -0.494 e. The summed E-state index contributed by atoms with van der Waals surface area (Å²) < 4.78 is 5.79. The smallest absolute Gasteiger partial charge is 0.247 e. The monoisotopic (exact) mass is 533 g/mol. The molecule has 38 heavy (non-hydrogen) atoms. The Kier molecular flexibility index (Phi) is 13.0. The molecule has 7 N–H and O–H groups in total. The second-order valence-electron chi connectivity index (χ2n) is 10.2. The lowest BCUT2D eigenvalue weighted by molar-refractivity contribution is -0.142. The molecule has 2 bridgehead atoms. The lowest BCUT2D eigenvalue weighted by Gasteiger charge is -2.29. The predicted octanol–water partition coefficient (Wildman–Crippen LogP) is 1.03. The number of nitrogens with two attached hydrogens (primary N) is 1. The summed E-state index contributed by atoms with van der Waals surface area (Å²) in [6.07, 6.45) is 3.13. The molecule has 1 aromatic carbocycles. The molecule has 0 saturated heterocycles. The van der Waals surface area contributed by atoms with Crippen LogP contribution in [0.5, 0.6) is 5.75 Å². The molecule has 2 aliphatic heterocycles. The maximum Gasteiger partial charge on any atom is 0.247 e. The number of rotatable bonds is 10. The fraction of sp³-hybridized carbons (Fsp3) is 0.630. The van der Waals surface area contributed by atoms with Crippen LogP contribution in [0.15, 0.2) is 24.3 Å². The molecule has 0 aliphatic carbocycles. The van der Waals surface area contributed by atoms with Gasteiger partial charge in [0.25, 0.3) is 0 Å². The van der Waals surface area contributed by atoms with Crippen LogP contribution in [0.3, 0.4) is 0 Å². The Morgan fingerprint density at radius 3 is 2.47 bits per heavy atom. The molecule has 11 nitrogen and oxygen atoms in total. The molecular formula is C27H43N5O6. The van der Waals surface area contributed by atoms with Gasteiger partial charge in [-0.25, -0.2) is 5.48 Å². The van der Waals surface area contributed by atoms with Crippen molar-refractivity contribution in [2.75, 3.05) is 20.2 Å². The zero-order valence-electron chi connectivity index (χ0n) is 22.6. The van der Waals surface area contributed by atoms with Crippen LogP contribution in [0.25, 0.3) is 0 Å². The highest BCUT2D eigenvalue weighted by molar-refractivity contribution is 5.94. The lowest BCUT2D eigenvalue weighted by atomic mass is 9.81. The summed E-state index contributed by atoms with van der Waals surface area (Å²) in [6, 6.07) is 5.47. The number of amides is 4. The quantitative estimate of drug-likeness (QED) is 0.148. The van der Waals surface area contributed by atoms with Crippen molar-refractivity contribution in [3.8, 4) is 5.75 Å². The third-order valence-electron chi connectivity index (χ3n) is 6.75. The molecule has 2 heterocycles. The molecule has 0 spiro atoms. The summed E-state index contributed by atoms with van der Waals surface area (Å²) in [7, 11) is 1.50. The first-order valence-electron chi connectivity index (χ1n) is 13.4. The maximum atomic E-state index is 13.6. The minimum atomic E-state index is -0.994. The fourth-order valence-corrected chi connectivity index (χ4v) is 4.71. The standard InChI is InChI=1S/C27H43N5O6/c1-17(2)15-21-20(25(34)32-37)7-6-14-38-19-11-9-18(10-12-19)16-23(31-24(21)33)27(36)30-22(26(35)29-3)8-4-5-13-28/h9-12,17,20-23,37H,4-8,13-16,28H2,1-3H3,(H,29,35)(H,30,36)(H,31,33)(H,32,34)/t20-,21+,22+,23-/m0/s1. The molecule has 1 aromatic rings. The first-order chi connectivity index (χ1) is 18.2. The Labute approximate surface area is 224 Å². The van der Waals surface area contributed by atoms with Gasteiger partial charge in [-0.05, 0) is 68.7 Å². The number of unbranched alkanes of at least 4 members (excludes halogenated alkanes) is 1. The highest BCUT2D eigenvalue weighted by Gasteiger charge is 2.36. The van der Waals surface area contributed by atoms with Gasteiger partial charge < -0.3 is 26.4 Å². The van der Waals surface area contributed by atoms with Gasteiger partial charge in [-0.3, -0.25) is 24.4 Å². The molecule has 0 aromatic heterocycles. The normalized spacial score (nSPS) is 21.0. The number of hydrogen-bond acceptors (Lipinski definition) is 7. The van der Waals surface area contributed by atoms with Gasteiger partial charge in [0.2, 0.25) is 23.6 Å². The Morgan fingerprint density at radius 1 is 1.16 bits per heavy atom. The first-order valence-corrected chi connectivity index (χ1v) is 13.4. The van der Waals surface area contributed by atoms with E-state index in [1.807, 2.05) is 26.0 Å². The van der Waals surface area contributed by atoms with Gasteiger partial charge in [0.1, 0.15) is 17.8 Å². The number of carbonyl (C=O) groups is 4. The van der Waals surface area contributed by atoms with E-state index in [1.165, 1.54) is 7.05 Å². The topological polar surface area (TPSA) is 172 Å². The molecule has 4 atom stereocenters. The van der Waals surface area contributed by atoms with Crippen LogP contribution in [0.1, 0.15) is 57.9 Å². The van der Waals surface area contributed by atoms with Crippen LogP contribution in [0, 0.1) is 17.8 Å². The van der Waals surface area contributed by atoms with Gasteiger partial charge in [-0.15, -0.1) is 0 Å². The summed E-state index contributed by atoms with van der Waals surface area (Å²) in [4.78, 5) is 52.2. The number of benzene rings is 1. The number of ether oxygens (including phenoxy) is 1. The first kappa shape index (κ1) is 31.0. The van der Waals surface area contributed by atoms with Gasteiger partial charge >= 0.3 is 0 Å². The molecule has 0 fully saturated rings. The Morgan fingerprint density at radius 2 is 1.87 bits per heavy atom. The van der Waals surface area contributed by atoms with Crippen molar-refractivity contribution < 1.29 is 29.1 Å². The van der Waals surface area contributed by atoms with Gasteiger partial charge in [-0.2, -0.15) is 0 Å². The molecule has 0 unspecified atom stereocenters. The predicted molar refractivity (Wildman–Crippen MR) is 142 cm³/mol. The highest BCUT2D eigenvalue weighted by atomic mass is 16.5. The zero-order chi connectivity index (χ0) is 28.1. The lowest BCUT2D eigenvalue weighted by Crippen LogP contribution is -2.55. The SMILES string of the molecule is CNC(=O)[C@@H](CCCCN)NC(=O)[C@@H]1Cc2ccc(cc2)OCCC[C@H](C(=O)NO)[C@@H](CC(C)C)C(=O)N1. The number of carbonyl (C=O) groups excluding carboxylic acids is 4. The van der Waals surface area contributed by atoms with E-state index in [1.54, 1.807) is 17.6 Å². The molecule has 2 aliphatic rings. The summed E-state index contributed by atoms with van der Waals surface area (Å²) in [6.45, 7) is 4.71. The molecule has 4 amide bonds. The Bertz CT molecular complexity index is 923. The van der Waals surface area contributed by atoms with Crippen molar-refractivity contribution in [1.29, 1.82) is 0 Å². The molecule has 0 saturated carbocycles. The van der Waals surface area contributed by atoms with Crippen molar-refractivity contribution >= 4 is 23.6 Å². The zero-order valence-corrected chi connectivity index (χ0v) is 22.6. The highest BCUT2D eigenvalue weighted by Crippen LogP contribution is 2.27. The van der Waals surface area contributed by atoms with Crippen molar-refractivity contribution in [3.05, 3.63) is 29.8 Å². The summed E-state index contributed by atoms with van der Waals surface area (Å²) >= 11 is 0. The van der Waals surface area contributed by atoms with E-state index in [9.17, 15) is 24.4 Å². The van der Waals surface area contributed by atoms with E-state index in [0.717, 1.165) is 5.56 Å². The largest absolute Gasteiger partial charge is 0.494 e. The molecule has 3 rings (SSSR count). The van der Waals surface area contributed by atoms with Crippen molar-refractivity contribution in [2.24, 2.45) is 23.5 Å². The number of likely N-dealkylation sites (N-methyl/N-ethyl adjacent to an activating group) is 1. The summed E-state index contributed by atoms with van der Waals surface area (Å²) in [5.74, 6) is -2.80. The maximum absolute atomic E-state index is 13.6. The van der Waals surface area contributed by atoms with Crippen molar-refractivity contribution in [3.63, 3.8) is 0 Å². The number of hydrogen-bond donors (Lipinski definition) is 6. The average molecular weight is 534 g/mol. The van der Waals surface area contributed by atoms with Crippen LogP contribution in [-0.4, -0.2) is 61.1 Å². The van der Waals surface area contributed by atoms with Gasteiger partial charge in [0.15, 0.2) is 0 Å². The third kappa shape index (κ3) is 9.60. The van der Waals surface area contributed by atoms with Crippen LogP contribution in [0.4, 0.5) is 0 Å². The number of nitrogens with one attached hydrogen (secondary N) is 4. The van der Waals surface area contributed by atoms with Crippen molar-refractivity contribution in [1.82, 2.24) is 21.4 Å². The second-order valence-corrected chi connectivity index (χ2v) is 10.2. The van der Waals surface area contributed by atoms with Gasteiger partial charge in [0, 0.05) is 19.4 Å².